The van der Waals surface area contributed by atoms with Crippen molar-refractivity contribution in [1.82, 2.24) is 10.0 Å². The Hall–Kier alpha value is -0.430. The summed E-state index contributed by atoms with van der Waals surface area (Å²) in [6.45, 7) is 6.56. The lowest BCUT2D eigenvalue weighted by Gasteiger charge is -2.14. The highest BCUT2D eigenvalue weighted by Gasteiger charge is 2.42. The molecule has 2 rings (SSSR count). The number of sulfonamides is 1. The predicted molar refractivity (Wildman–Crippen MR) is 88.1 cm³/mol. The second-order valence-corrected chi connectivity index (χ2v) is 9.13. The summed E-state index contributed by atoms with van der Waals surface area (Å²) in [5.41, 5.74) is 0.241. The maximum atomic E-state index is 12.3. The molecule has 4 nitrogen and oxygen atoms in total. The number of hydrogen-bond donors (Lipinski definition) is 2. The molecule has 1 aliphatic carbocycles. The Morgan fingerprint density at radius 2 is 2.00 bits per heavy atom. The average molecular weight is 331 g/mol. The van der Waals surface area contributed by atoms with Crippen LogP contribution in [-0.2, 0) is 16.6 Å². The third kappa shape index (κ3) is 4.77. The third-order valence-electron chi connectivity index (χ3n) is 4.00. The second kappa shape index (κ2) is 7.22. The first-order valence-corrected chi connectivity index (χ1v) is 10.1. The van der Waals surface area contributed by atoms with E-state index in [0.29, 0.717) is 10.8 Å². The van der Waals surface area contributed by atoms with Gasteiger partial charge in [-0.3, -0.25) is 0 Å². The first-order chi connectivity index (χ1) is 10.0. The van der Waals surface area contributed by atoms with E-state index < -0.39 is 10.0 Å². The molecule has 1 saturated carbocycles. The van der Waals surface area contributed by atoms with Crippen LogP contribution in [-0.4, -0.2) is 21.5 Å². The molecular formula is C15H26N2O2S2. The molecule has 1 aliphatic rings. The third-order valence-corrected chi connectivity index (χ3v) is 6.98. The number of hydrogen-bond acceptors (Lipinski definition) is 4. The summed E-state index contributed by atoms with van der Waals surface area (Å²) in [7, 11) is -3.34. The molecular weight excluding hydrogens is 304 g/mol. The van der Waals surface area contributed by atoms with E-state index in [1.165, 1.54) is 11.3 Å². The Morgan fingerprint density at radius 3 is 2.62 bits per heavy atom. The Labute approximate surface area is 132 Å². The summed E-state index contributed by atoms with van der Waals surface area (Å²) in [5, 5.41) is 3.29. The van der Waals surface area contributed by atoms with E-state index in [0.717, 1.165) is 50.1 Å². The van der Waals surface area contributed by atoms with Crippen molar-refractivity contribution in [1.29, 1.82) is 0 Å². The summed E-state index contributed by atoms with van der Waals surface area (Å²) < 4.78 is 27.9. The fourth-order valence-electron chi connectivity index (χ4n) is 2.53. The molecule has 1 fully saturated rings. The van der Waals surface area contributed by atoms with E-state index in [2.05, 4.69) is 23.9 Å². The highest BCUT2D eigenvalue weighted by Crippen LogP contribution is 2.49. The lowest BCUT2D eigenvalue weighted by Crippen LogP contribution is -2.29. The van der Waals surface area contributed by atoms with Crippen LogP contribution in [0.1, 0.15) is 50.8 Å². The lowest BCUT2D eigenvalue weighted by molar-refractivity contribution is 0.449. The van der Waals surface area contributed by atoms with Crippen molar-refractivity contribution in [3.8, 4) is 0 Å². The van der Waals surface area contributed by atoms with Gasteiger partial charge in [0, 0.05) is 18.0 Å². The number of rotatable bonds is 10. The van der Waals surface area contributed by atoms with Gasteiger partial charge in [-0.2, -0.15) is 0 Å². The molecule has 6 heteroatoms. The van der Waals surface area contributed by atoms with E-state index in [9.17, 15) is 8.42 Å². The van der Waals surface area contributed by atoms with Crippen LogP contribution in [0.25, 0.3) is 0 Å². The fraction of sp³-hybridized carbons (Fsp3) is 0.733. The molecule has 0 radical (unpaired) electrons. The normalized spacial score (nSPS) is 17.0. The van der Waals surface area contributed by atoms with Crippen molar-refractivity contribution < 1.29 is 8.42 Å². The maximum Gasteiger partial charge on any atom is 0.250 e. The Balaban J connectivity index is 1.90. The zero-order valence-corrected chi connectivity index (χ0v) is 14.6. The highest BCUT2D eigenvalue weighted by molar-refractivity contribution is 7.91. The van der Waals surface area contributed by atoms with Crippen LogP contribution in [0.4, 0.5) is 0 Å². The van der Waals surface area contributed by atoms with Gasteiger partial charge in [-0.25, -0.2) is 13.1 Å². The second-order valence-electron chi connectivity index (χ2n) is 5.97. The maximum absolute atomic E-state index is 12.3. The van der Waals surface area contributed by atoms with E-state index in [1.54, 1.807) is 6.07 Å². The van der Waals surface area contributed by atoms with Gasteiger partial charge in [0.05, 0.1) is 0 Å². The lowest BCUT2D eigenvalue weighted by atomic mass is 10.0. The smallest absolute Gasteiger partial charge is 0.250 e. The minimum atomic E-state index is -3.34. The largest absolute Gasteiger partial charge is 0.312 e. The fourth-order valence-corrected chi connectivity index (χ4v) is 5.05. The topological polar surface area (TPSA) is 58.2 Å². The van der Waals surface area contributed by atoms with Gasteiger partial charge in [0.2, 0.25) is 10.0 Å². The van der Waals surface area contributed by atoms with Crippen LogP contribution >= 0.6 is 11.3 Å². The van der Waals surface area contributed by atoms with Crippen molar-refractivity contribution in [2.75, 3.05) is 13.1 Å². The number of thiophene rings is 1. The quantitative estimate of drug-likeness (QED) is 0.648. The zero-order chi connectivity index (χ0) is 15.3. The van der Waals surface area contributed by atoms with Crippen molar-refractivity contribution >= 4 is 21.4 Å². The van der Waals surface area contributed by atoms with E-state index in [4.69, 9.17) is 0 Å². The van der Waals surface area contributed by atoms with Crippen LogP contribution in [0, 0.1) is 5.41 Å². The van der Waals surface area contributed by atoms with Crippen LogP contribution in [0.2, 0.25) is 0 Å². The molecule has 0 atom stereocenters. The first-order valence-electron chi connectivity index (χ1n) is 7.80. The summed E-state index contributed by atoms with van der Waals surface area (Å²) >= 11 is 1.36. The molecule has 0 amide bonds. The molecule has 0 spiro atoms. The van der Waals surface area contributed by atoms with Gasteiger partial charge in [0.1, 0.15) is 4.21 Å². The minimum absolute atomic E-state index is 0.241. The molecule has 0 aromatic carbocycles. The molecule has 1 heterocycles. The SMILES string of the molecule is CCCNCc1ccc(S(=O)(=O)NCC2(CCC)CC2)s1. The standard InChI is InChI=1S/C15H26N2O2S2/c1-3-7-15(8-9-15)12-17-21(18,19)14-6-5-13(20-14)11-16-10-4-2/h5-6,16-17H,3-4,7-12H2,1-2H3. The Kier molecular flexibility index (Phi) is 5.82. The predicted octanol–water partition coefficient (Wildman–Crippen LogP) is 3.11. The van der Waals surface area contributed by atoms with Gasteiger partial charge in [0.25, 0.3) is 0 Å². The van der Waals surface area contributed by atoms with Crippen LogP contribution in [0.5, 0.6) is 0 Å². The molecule has 21 heavy (non-hydrogen) atoms. The molecule has 2 N–H and O–H groups in total. The summed E-state index contributed by atoms with van der Waals surface area (Å²) in [4.78, 5) is 1.07. The van der Waals surface area contributed by atoms with Gasteiger partial charge in [-0.05, 0) is 49.8 Å². The van der Waals surface area contributed by atoms with Gasteiger partial charge in [-0.1, -0.05) is 20.3 Å². The van der Waals surface area contributed by atoms with Crippen molar-refractivity contribution in [2.24, 2.45) is 5.41 Å². The van der Waals surface area contributed by atoms with Gasteiger partial charge in [-0.15, -0.1) is 11.3 Å². The summed E-state index contributed by atoms with van der Waals surface area (Å²) in [6, 6.07) is 3.62. The van der Waals surface area contributed by atoms with Crippen LogP contribution in [0.3, 0.4) is 0 Å². The Bertz CT molecular complexity index is 548. The molecule has 0 bridgehead atoms. The van der Waals surface area contributed by atoms with E-state index in [1.807, 2.05) is 6.07 Å². The molecule has 0 unspecified atom stereocenters. The van der Waals surface area contributed by atoms with Crippen LogP contribution in [0.15, 0.2) is 16.3 Å². The van der Waals surface area contributed by atoms with E-state index in [-0.39, 0.29) is 5.41 Å². The highest BCUT2D eigenvalue weighted by atomic mass is 32.2. The van der Waals surface area contributed by atoms with Crippen molar-refractivity contribution in [2.45, 2.75) is 56.7 Å². The zero-order valence-electron chi connectivity index (χ0n) is 12.9. The first kappa shape index (κ1) is 16.9. The van der Waals surface area contributed by atoms with Crippen molar-refractivity contribution in [3.63, 3.8) is 0 Å². The monoisotopic (exact) mass is 330 g/mol. The minimum Gasteiger partial charge on any atom is -0.312 e. The summed E-state index contributed by atoms with van der Waals surface area (Å²) in [5.74, 6) is 0. The number of nitrogens with one attached hydrogen (secondary N) is 2. The van der Waals surface area contributed by atoms with Gasteiger partial charge >= 0.3 is 0 Å². The molecule has 1 aromatic heterocycles. The van der Waals surface area contributed by atoms with Gasteiger partial charge in [0.15, 0.2) is 0 Å². The molecule has 120 valence electrons. The van der Waals surface area contributed by atoms with Crippen molar-refractivity contribution in [3.05, 3.63) is 17.0 Å². The molecule has 1 aromatic rings. The average Bonchev–Trinajstić information content (AvgIpc) is 3.04. The summed E-state index contributed by atoms with van der Waals surface area (Å²) in [6.07, 6.45) is 5.62. The van der Waals surface area contributed by atoms with Gasteiger partial charge < -0.3 is 5.32 Å². The molecule has 0 aliphatic heterocycles. The molecule has 0 saturated heterocycles. The Morgan fingerprint density at radius 1 is 1.24 bits per heavy atom. The van der Waals surface area contributed by atoms with E-state index >= 15 is 0 Å². The van der Waals surface area contributed by atoms with Crippen LogP contribution < -0.4 is 10.0 Å².